The fourth-order valence-electron chi connectivity index (χ4n) is 11.9. The summed E-state index contributed by atoms with van der Waals surface area (Å²) in [6.45, 7) is 3.75. The molecule has 0 unspecified atom stereocenters. The van der Waals surface area contributed by atoms with Crippen molar-refractivity contribution in [3.63, 3.8) is 0 Å². The van der Waals surface area contributed by atoms with Gasteiger partial charge in [-0.05, 0) is 83.6 Å². The predicted molar refractivity (Wildman–Crippen MR) is 341 cm³/mol. The zero-order valence-corrected chi connectivity index (χ0v) is 50.6. The van der Waals surface area contributed by atoms with Gasteiger partial charge in [0.15, 0.2) is 16.8 Å². The van der Waals surface area contributed by atoms with Gasteiger partial charge in [0.25, 0.3) is 0 Å². The van der Waals surface area contributed by atoms with Crippen molar-refractivity contribution >= 4 is 22.6 Å². The Hall–Kier alpha value is -9.24. The molecule has 0 aliphatic carbocycles. The average Bonchev–Trinajstić information content (AvgIpc) is 3.60. The molecule has 3 heterocycles. The third-order valence-corrected chi connectivity index (χ3v) is 17.3. The molecular weight excluding hydrogens is 1220 g/mol. The van der Waals surface area contributed by atoms with Crippen molar-refractivity contribution in [1.82, 2.24) is 45.0 Å². The van der Waals surface area contributed by atoms with Gasteiger partial charge in [-0.2, -0.15) is 0 Å². The maximum absolute atomic E-state index is 5.26. The van der Waals surface area contributed by atoms with Crippen LogP contribution in [-0.2, 0) is 30.6 Å². The Balaban J connectivity index is 0.00000709. The highest BCUT2D eigenvalue weighted by molar-refractivity contribution is 14.1. The molecule has 0 radical (unpaired) electrons. The monoisotopic (exact) mass is 1280 g/mol. The van der Waals surface area contributed by atoms with E-state index in [1.54, 1.807) is 9.59 Å². The topological polar surface area (TPSA) is 96.0 Å². The molecule has 85 heavy (non-hydrogen) atoms. The molecule has 0 bridgehead atoms. The van der Waals surface area contributed by atoms with E-state index >= 15 is 0 Å². The second kappa shape index (κ2) is 25.3. The number of hydrogen-bond donors (Lipinski definition) is 0. The highest BCUT2D eigenvalue weighted by Gasteiger charge is 2.43. The zero-order valence-electron chi connectivity index (χ0n) is 46.9. The molecule has 0 amide bonds. The molecule has 0 saturated heterocycles. The third kappa shape index (κ3) is 10.9. The van der Waals surface area contributed by atoms with E-state index in [1.165, 1.54) is 20.5 Å². The van der Waals surface area contributed by atoms with Crippen LogP contribution in [0.1, 0.15) is 70.0 Å². The third-order valence-electron chi connectivity index (χ3n) is 16.0. The fraction of sp³-hybridized carbons (Fsp3) is 0.110. The van der Waals surface area contributed by atoms with Gasteiger partial charge in [0, 0.05) is 40.1 Å². The van der Waals surface area contributed by atoms with Crippen LogP contribution in [0.3, 0.4) is 0 Å². The summed E-state index contributed by atoms with van der Waals surface area (Å²) in [6, 6.07) is 97.3. The normalized spacial score (nSPS) is 11.6. The standard InChI is InChI=1S/C73H60IN10.BrH/c1-2-3-42-68-69(74)82(52-55-45-49-57(50-46-55)65-39-23-25-41-67(65)71-76-80-84(78-71)73(61-32-16-7-17-33-61,62-34-18-8-19-35-62)63-36-20-9-21-37-63)53-81(68)51-54-43-47-56(48-44-54)64-38-22-24-40-66(64)70-75-79-83(77-70)72(58-26-10-4-11-27-58,59-28-12-5-13-29-59)60-30-14-6-15-31-60;/h4-41,43-50,53H,2-3,42,51-52H2,1H3;1H/q+1;/p-1. The Morgan fingerprint density at radius 3 is 1.08 bits per heavy atom. The van der Waals surface area contributed by atoms with Gasteiger partial charge in [0.05, 0.1) is 0 Å². The van der Waals surface area contributed by atoms with Crippen LogP contribution in [-0.4, -0.2) is 45.0 Å². The number of hydrogen-bond acceptors (Lipinski definition) is 6. The van der Waals surface area contributed by atoms with Crippen LogP contribution < -0.4 is 21.5 Å². The van der Waals surface area contributed by atoms with E-state index in [0.717, 1.165) is 99.1 Å². The lowest BCUT2D eigenvalue weighted by atomic mass is 9.77. The molecule has 0 atom stereocenters. The smallest absolute Gasteiger partial charge is 0.245 e. The fourth-order valence-corrected chi connectivity index (χ4v) is 12.8. The number of nitrogens with zero attached hydrogens (tertiary/aromatic N) is 10. The Kier molecular flexibility index (Phi) is 16.8. The van der Waals surface area contributed by atoms with Crippen molar-refractivity contribution in [2.75, 3.05) is 0 Å². The van der Waals surface area contributed by atoms with E-state index in [0.29, 0.717) is 11.6 Å². The van der Waals surface area contributed by atoms with Crippen LogP contribution in [0.25, 0.3) is 45.0 Å². The number of rotatable bonds is 19. The molecule has 0 aliphatic heterocycles. The maximum atomic E-state index is 5.26. The molecule has 3 aromatic heterocycles. The Labute approximate surface area is 520 Å². The minimum Gasteiger partial charge on any atom is -1.00 e. The summed E-state index contributed by atoms with van der Waals surface area (Å²) in [6.07, 6.45) is 5.52. The molecule has 0 aliphatic rings. The quantitative estimate of drug-likeness (QED) is 0.0455. The van der Waals surface area contributed by atoms with Crippen LogP contribution in [0.15, 0.2) is 285 Å². The first-order valence-corrected chi connectivity index (χ1v) is 29.7. The summed E-state index contributed by atoms with van der Waals surface area (Å²) in [4.78, 5) is 3.58. The van der Waals surface area contributed by atoms with Crippen LogP contribution in [0.4, 0.5) is 0 Å². The van der Waals surface area contributed by atoms with Crippen molar-refractivity contribution in [3.8, 4) is 45.0 Å². The molecule has 13 aromatic rings. The second-order valence-electron chi connectivity index (χ2n) is 21.1. The van der Waals surface area contributed by atoms with Crippen LogP contribution in [0, 0.1) is 3.70 Å². The van der Waals surface area contributed by atoms with Crippen molar-refractivity contribution in [2.45, 2.75) is 50.4 Å². The van der Waals surface area contributed by atoms with Gasteiger partial charge in [-0.15, -0.1) is 30.0 Å². The van der Waals surface area contributed by atoms with Crippen molar-refractivity contribution in [3.05, 3.63) is 339 Å². The average molecular weight is 1280 g/mol. The number of tetrazole rings is 2. The minimum atomic E-state index is -0.872. The van der Waals surface area contributed by atoms with Crippen LogP contribution in [0.5, 0.6) is 0 Å². The van der Waals surface area contributed by atoms with Gasteiger partial charge < -0.3 is 17.0 Å². The van der Waals surface area contributed by atoms with E-state index in [4.69, 9.17) is 30.8 Å². The van der Waals surface area contributed by atoms with Crippen LogP contribution >= 0.6 is 22.6 Å². The van der Waals surface area contributed by atoms with E-state index < -0.39 is 11.1 Å². The van der Waals surface area contributed by atoms with Crippen molar-refractivity contribution in [1.29, 1.82) is 0 Å². The Morgan fingerprint density at radius 1 is 0.400 bits per heavy atom. The molecule has 0 fully saturated rings. The SMILES string of the molecule is CCCCc1c(I)n(Cc2ccc(-c3ccccc3-c3nnn(C(c4ccccc4)(c4ccccc4)c4ccccc4)n3)cc2)c[n+]1Cc1ccc(-c2ccccc2-c2nnn(C(c3ccccc3)(c3ccccc3)c3ccccc3)n2)cc1.[Br-]. The summed E-state index contributed by atoms with van der Waals surface area (Å²) in [5, 5.41) is 29.9. The van der Waals surface area contributed by atoms with Gasteiger partial charge >= 0.3 is 0 Å². The number of benzene rings is 10. The maximum Gasteiger partial charge on any atom is 0.245 e. The molecule has 10 nitrogen and oxygen atoms in total. The number of imidazole rings is 1. The van der Waals surface area contributed by atoms with E-state index in [2.05, 4.69) is 275 Å². The number of aromatic nitrogens is 10. The van der Waals surface area contributed by atoms with E-state index in [9.17, 15) is 0 Å². The number of halogens is 2. The molecular formula is C73H60BrIN10. The zero-order chi connectivity index (χ0) is 56.7. The first-order chi connectivity index (χ1) is 41.5. The lowest BCUT2D eigenvalue weighted by Crippen LogP contribution is -3.00. The minimum absolute atomic E-state index is 0. The van der Waals surface area contributed by atoms with Crippen LogP contribution in [0.2, 0.25) is 0 Å². The van der Waals surface area contributed by atoms with Gasteiger partial charge in [0.2, 0.25) is 21.7 Å². The Bertz CT molecular complexity index is 4100. The predicted octanol–water partition coefficient (Wildman–Crippen LogP) is 12.1. The summed E-state index contributed by atoms with van der Waals surface area (Å²) >= 11 is 2.56. The molecule has 0 saturated carbocycles. The molecule has 12 heteroatoms. The first-order valence-electron chi connectivity index (χ1n) is 28.6. The largest absolute Gasteiger partial charge is 1.00 e. The van der Waals surface area contributed by atoms with Gasteiger partial charge in [0.1, 0.15) is 13.1 Å². The molecule has 0 spiro atoms. The van der Waals surface area contributed by atoms with Crippen molar-refractivity contribution < 1.29 is 21.5 Å². The summed E-state index contributed by atoms with van der Waals surface area (Å²) in [7, 11) is 0. The summed E-state index contributed by atoms with van der Waals surface area (Å²) < 4.78 is 6.08. The molecule has 0 N–H and O–H groups in total. The molecule has 13 rings (SSSR count). The molecule has 416 valence electrons. The highest BCUT2D eigenvalue weighted by atomic mass is 127. The lowest BCUT2D eigenvalue weighted by Gasteiger charge is -2.34. The van der Waals surface area contributed by atoms with E-state index in [1.807, 2.05) is 48.5 Å². The lowest BCUT2D eigenvalue weighted by molar-refractivity contribution is -0.695. The van der Waals surface area contributed by atoms with Gasteiger partial charge in [-0.25, -0.2) is 9.13 Å². The second-order valence-corrected chi connectivity index (χ2v) is 22.1. The van der Waals surface area contributed by atoms with E-state index in [-0.39, 0.29) is 17.0 Å². The van der Waals surface area contributed by atoms with Gasteiger partial charge in [-0.3, -0.25) is 0 Å². The van der Waals surface area contributed by atoms with Gasteiger partial charge in [-0.1, -0.05) is 292 Å². The first kappa shape index (κ1) is 56.3. The van der Waals surface area contributed by atoms with Crippen molar-refractivity contribution in [2.24, 2.45) is 0 Å². The molecule has 10 aromatic carbocycles. The Morgan fingerprint density at radius 2 is 0.729 bits per heavy atom. The summed E-state index contributed by atoms with van der Waals surface area (Å²) in [5.74, 6) is 1.11. The highest BCUT2D eigenvalue weighted by Crippen LogP contribution is 2.43. The number of unbranched alkanes of at least 4 members (excludes halogenated alkanes) is 1. The summed E-state index contributed by atoms with van der Waals surface area (Å²) in [5.41, 5.74) is 14.3.